The van der Waals surface area contributed by atoms with Gasteiger partial charge in [-0.25, -0.2) is 0 Å². The SMILES string of the molecule is O.[I][Ir]([I])([I])[I]. The summed E-state index contributed by atoms with van der Waals surface area (Å²) >= 11 is 10.1. The molecule has 2 N–H and O–H groups in total. The summed E-state index contributed by atoms with van der Waals surface area (Å²) in [6.45, 7) is 0. The fourth-order valence-corrected chi connectivity index (χ4v) is 0. The van der Waals surface area contributed by atoms with Crippen molar-refractivity contribution in [1.82, 2.24) is 0 Å². The topological polar surface area (TPSA) is 31.5 Å². The second-order valence-corrected chi connectivity index (χ2v) is 105. The van der Waals surface area contributed by atoms with E-state index >= 15 is 0 Å². The zero-order valence-electron chi connectivity index (χ0n) is 2.35. The van der Waals surface area contributed by atoms with Crippen LogP contribution < -0.4 is 0 Å². The van der Waals surface area contributed by atoms with E-state index in [1.54, 1.807) is 0 Å². The normalized spacial score (nSPS) is 12.7. The second-order valence-electron chi connectivity index (χ2n) is 0.286. The van der Waals surface area contributed by atoms with Crippen molar-refractivity contribution < 1.29 is 6.43 Å². The van der Waals surface area contributed by atoms with E-state index in [0.717, 1.165) is 0 Å². The predicted molar refractivity (Wildman–Crippen MR) is 59.7 cm³/mol. The standard InChI is InChI=1S/4HI.Ir.H2O/h4*1H;;1H2/q;;;;+4;/p-4. The molecule has 6 heavy (non-hydrogen) atoms. The van der Waals surface area contributed by atoms with Gasteiger partial charge in [-0.1, -0.05) is 0 Å². The average Bonchev–Trinajstić information content (AvgIpc) is 0.722. The van der Waals surface area contributed by atoms with Crippen molar-refractivity contribution >= 4 is 78.4 Å². The summed E-state index contributed by atoms with van der Waals surface area (Å²) in [5, 5.41) is 0. The molecule has 0 radical (unpaired) electrons. The molecule has 0 bridgehead atoms. The van der Waals surface area contributed by atoms with Gasteiger partial charge in [0.05, 0.1) is 0 Å². The first-order valence-electron chi connectivity index (χ1n) is 0.504. The zero-order chi connectivity index (χ0) is 4.50. The Hall–Kier alpha value is 3.53. The molecule has 0 saturated carbocycles. The summed E-state index contributed by atoms with van der Waals surface area (Å²) in [7, 11) is 0. The molecule has 1 nitrogen and oxygen atoms in total. The van der Waals surface area contributed by atoms with Crippen LogP contribution in [0.25, 0.3) is 0 Å². The number of halogens is 4. The molecule has 0 aliphatic carbocycles. The minimum absolute atomic E-state index is 0. The molecule has 0 aromatic rings. The third-order valence-corrected chi connectivity index (χ3v) is 0. The van der Waals surface area contributed by atoms with Crippen molar-refractivity contribution in [3.8, 4) is 0 Å². The Kier molecular flexibility index (Phi) is 10.9. The molecule has 6 heteroatoms. The van der Waals surface area contributed by atoms with Gasteiger partial charge >= 0.3 is 79.3 Å². The Morgan fingerprint density at radius 2 is 0.833 bits per heavy atom. The summed E-state index contributed by atoms with van der Waals surface area (Å²) < 4.78 is -1.12. The van der Waals surface area contributed by atoms with E-state index in [9.17, 15) is 0 Å². The summed E-state index contributed by atoms with van der Waals surface area (Å²) in [6, 6.07) is 0. The Bertz CT molecular complexity index is 23.0. The van der Waals surface area contributed by atoms with Crippen molar-refractivity contribution in [3.63, 3.8) is 0 Å². The van der Waals surface area contributed by atoms with Gasteiger partial charge in [-0.3, -0.25) is 0 Å². The molecule has 0 fully saturated rings. The van der Waals surface area contributed by atoms with E-state index in [4.69, 9.17) is 0 Å². The van der Waals surface area contributed by atoms with E-state index in [2.05, 4.69) is 78.4 Å². The Balaban J connectivity index is 0. The van der Waals surface area contributed by atoms with Crippen LogP contribution in [0, 0.1) is 0 Å². The molecule has 45 valence electrons. The van der Waals surface area contributed by atoms with Crippen LogP contribution in [-0.2, 0) is 0.959 Å². The molecule has 0 aliphatic rings. The van der Waals surface area contributed by atoms with Gasteiger partial charge in [0.2, 0.25) is 0 Å². The molecular weight excluding hydrogens is 716 g/mol. The van der Waals surface area contributed by atoms with Gasteiger partial charge in [0.25, 0.3) is 0 Å². The van der Waals surface area contributed by atoms with Crippen molar-refractivity contribution in [2.75, 3.05) is 0 Å². The summed E-state index contributed by atoms with van der Waals surface area (Å²) in [5.74, 6) is 0. The number of hydrogen-bond donors (Lipinski definition) is 0. The third kappa shape index (κ3) is 25.8. The van der Waals surface area contributed by atoms with E-state index in [1.165, 1.54) is 0 Å². The second kappa shape index (κ2) is 5.32. The van der Waals surface area contributed by atoms with Gasteiger partial charge in [0, 0.05) is 0 Å². The zero-order valence-corrected chi connectivity index (χ0v) is 13.4. The third-order valence-electron chi connectivity index (χ3n) is 0. The van der Waals surface area contributed by atoms with Crippen LogP contribution in [-0.4, -0.2) is 5.48 Å². The van der Waals surface area contributed by atoms with Crippen LogP contribution in [0.15, 0.2) is 0 Å². The summed E-state index contributed by atoms with van der Waals surface area (Å²) in [4.78, 5) is 0. The molecule has 0 spiro atoms. The van der Waals surface area contributed by atoms with E-state index in [1.807, 2.05) is 0 Å². The van der Waals surface area contributed by atoms with Crippen LogP contribution in [0.5, 0.6) is 0 Å². The Labute approximate surface area is 82.2 Å². The van der Waals surface area contributed by atoms with Crippen LogP contribution in [0.4, 0.5) is 0 Å². The first kappa shape index (κ1) is 12.2. The Morgan fingerprint density at radius 1 is 0.833 bits per heavy atom. The van der Waals surface area contributed by atoms with Gasteiger partial charge in [-0.05, 0) is 0 Å². The van der Waals surface area contributed by atoms with Gasteiger partial charge in [0.1, 0.15) is 0 Å². The van der Waals surface area contributed by atoms with Gasteiger partial charge < -0.3 is 5.48 Å². The van der Waals surface area contributed by atoms with Crippen molar-refractivity contribution in [2.24, 2.45) is 0 Å². The van der Waals surface area contributed by atoms with Crippen molar-refractivity contribution in [3.05, 3.63) is 0 Å². The molecule has 0 atom stereocenters. The molecule has 0 saturated heterocycles. The molecular formula is H2I4IrO. The van der Waals surface area contributed by atoms with Crippen molar-refractivity contribution in [1.29, 1.82) is 0 Å². The first-order chi connectivity index (χ1) is 2.00. The predicted octanol–water partition coefficient (Wildman–Crippen LogP) is 2.72. The van der Waals surface area contributed by atoms with Crippen LogP contribution in [0.2, 0.25) is 0 Å². The minimum atomic E-state index is -1.12. The fourth-order valence-electron chi connectivity index (χ4n) is 0. The number of rotatable bonds is 0. The van der Waals surface area contributed by atoms with Gasteiger partial charge in [-0.15, -0.1) is 0 Å². The molecule has 0 rings (SSSR count). The molecule has 0 heterocycles. The van der Waals surface area contributed by atoms with Crippen LogP contribution in [0.3, 0.4) is 0 Å². The Morgan fingerprint density at radius 3 is 0.833 bits per heavy atom. The first-order valence-corrected chi connectivity index (χ1v) is 27.7. The molecule has 0 unspecified atom stereocenters. The average molecular weight is 718 g/mol. The van der Waals surface area contributed by atoms with Crippen LogP contribution in [0.1, 0.15) is 0 Å². The summed E-state index contributed by atoms with van der Waals surface area (Å²) in [6.07, 6.45) is 0. The monoisotopic (exact) mass is 719 g/mol. The molecule has 0 aromatic heterocycles. The molecule has 0 aliphatic heterocycles. The van der Waals surface area contributed by atoms with Gasteiger partial charge in [0.15, 0.2) is 0 Å². The maximum absolute atomic E-state index is 2.53. The molecule has 0 aromatic carbocycles. The van der Waals surface area contributed by atoms with E-state index in [-0.39, 0.29) is 5.48 Å². The maximum atomic E-state index is 2.53. The van der Waals surface area contributed by atoms with Crippen LogP contribution >= 0.6 is 78.4 Å². The quantitative estimate of drug-likeness (QED) is 0.346. The fraction of sp³-hybridized carbons (Fsp3) is 0. The van der Waals surface area contributed by atoms with Gasteiger partial charge in [-0.2, -0.15) is 0 Å². The van der Waals surface area contributed by atoms with E-state index in [0.29, 0.717) is 0 Å². The summed E-state index contributed by atoms with van der Waals surface area (Å²) in [5.41, 5.74) is 0. The van der Waals surface area contributed by atoms with Crippen molar-refractivity contribution in [2.45, 2.75) is 0 Å². The number of hydrogen-bond acceptors (Lipinski definition) is 0. The van der Waals surface area contributed by atoms with E-state index < -0.39 is 0.959 Å². The molecule has 0 amide bonds.